The molecule has 0 aliphatic carbocycles. The van der Waals surface area contributed by atoms with E-state index >= 15 is 0 Å². The number of likely N-dealkylation sites (N-methyl/N-ethyl adjacent to an activating group) is 1. The van der Waals surface area contributed by atoms with E-state index in [9.17, 15) is 14.4 Å². The van der Waals surface area contributed by atoms with Crippen LogP contribution in [0.4, 0.5) is 11.4 Å². The van der Waals surface area contributed by atoms with E-state index in [4.69, 9.17) is 5.73 Å². The van der Waals surface area contributed by atoms with Crippen molar-refractivity contribution in [3.8, 4) is 0 Å². The zero-order valence-corrected chi connectivity index (χ0v) is 11.9. The van der Waals surface area contributed by atoms with E-state index in [0.717, 1.165) is 4.90 Å². The molecule has 0 saturated carbocycles. The van der Waals surface area contributed by atoms with Crippen LogP contribution in [-0.4, -0.2) is 42.9 Å². The molecule has 3 N–H and O–H groups in total. The maximum Gasteiger partial charge on any atom is 0.337 e. The Bertz CT molecular complexity index is 600. The van der Waals surface area contributed by atoms with Crippen LogP contribution in [0.2, 0.25) is 0 Å². The molecule has 1 heterocycles. The Morgan fingerprint density at radius 3 is 2.76 bits per heavy atom. The molecule has 1 atom stereocenters. The summed E-state index contributed by atoms with van der Waals surface area (Å²) in [5.74, 6) is -0.956. The van der Waals surface area contributed by atoms with Gasteiger partial charge in [0.05, 0.1) is 24.0 Å². The van der Waals surface area contributed by atoms with Gasteiger partial charge in [0, 0.05) is 13.5 Å². The minimum Gasteiger partial charge on any atom is -0.465 e. The summed E-state index contributed by atoms with van der Waals surface area (Å²) in [7, 11) is 2.75. The van der Waals surface area contributed by atoms with Crippen LogP contribution in [0, 0.1) is 0 Å². The van der Waals surface area contributed by atoms with Crippen molar-refractivity contribution >= 4 is 29.2 Å². The first-order valence-electron chi connectivity index (χ1n) is 6.49. The summed E-state index contributed by atoms with van der Waals surface area (Å²) in [5.41, 5.74) is 7.10. The van der Waals surface area contributed by atoms with Crippen molar-refractivity contribution in [3.63, 3.8) is 0 Å². The van der Waals surface area contributed by atoms with Crippen molar-refractivity contribution in [1.82, 2.24) is 4.90 Å². The molecule has 1 fully saturated rings. The van der Waals surface area contributed by atoms with Crippen LogP contribution in [0.5, 0.6) is 0 Å². The number of anilines is 2. The lowest BCUT2D eigenvalue weighted by Crippen LogP contribution is -2.48. The second kappa shape index (κ2) is 5.82. The van der Waals surface area contributed by atoms with Crippen LogP contribution in [0.15, 0.2) is 18.2 Å². The number of methoxy groups -OCH3 is 1. The molecule has 7 heteroatoms. The summed E-state index contributed by atoms with van der Waals surface area (Å²) in [6, 6.07) is 4.16. The lowest BCUT2D eigenvalue weighted by molar-refractivity contribution is -0.146. The second-order valence-electron chi connectivity index (χ2n) is 4.82. The Balaban J connectivity index is 2.15. The number of rotatable bonds is 3. The molecule has 0 aromatic heterocycles. The Morgan fingerprint density at radius 1 is 1.43 bits per heavy atom. The molecule has 7 nitrogen and oxygen atoms in total. The Morgan fingerprint density at radius 2 is 2.14 bits per heavy atom. The zero-order valence-electron chi connectivity index (χ0n) is 11.9. The molecule has 0 spiro atoms. The lowest BCUT2D eigenvalue weighted by Gasteiger charge is -2.29. The summed E-state index contributed by atoms with van der Waals surface area (Å²) >= 11 is 0. The number of piperidine rings is 1. The van der Waals surface area contributed by atoms with Crippen molar-refractivity contribution in [2.75, 3.05) is 25.2 Å². The Kier molecular flexibility index (Phi) is 4.11. The summed E-state index contributed by atoms with van der Waals surface area (Å²) in [6.45, 7) is 0. The SMILES string of the molecule is COC(=O)c1ccc(NC2CCC(=O)N(C)C2=O)c(N)c1. The van der Waals surface area contributed by atoms with Gasteiger partial charge in [-0.2, -0.15) is 0 Å². The van der Waals surface area contributed by atoms with Gasteiger partial charge in [-0.15, -0.1) is 0 Å². The molecule has 1 aliphatic rings. The average molecular weight is 291 g/mol. The van der Waals surface area contributed by atoms with Gasteiger partial charge >= 0.3 is 5.97 Å². The number of esters is 1. The maximum absolute atomic E-state index is 12.0. The summed E-state index contributed by atoms with van der Waals surface area (Å²) < 4.78 is 4.61. The molecular formula is C14H17N3O4. The molecule has 1 aliphatic heterocycles. The van der Waals surface area contributed by atoms with Gasteiger partial charge in [0.25, 0.3) is 5.91 Å². The summed E-state index contributed by atoms with van der Waals surface area (Å²) in [4.78, 5) is 35.9. The third-order valence-electron chi connectivity index (χ3n) is 3.45. The van der Waals surface area contributed by atoms with E-state index in [-0.39, 0.29) is 11.8 Å². The molecule has 21 heavy (non-hydrogen) atoms. The predicted octanol–water partition coefficient (Wildman–Crippen LogP) is 0.615. The highest BCUT2D eigenvalue weighted by Gasteiger charge is 2.31. The number of hydrogen-bond donors (Lipinski definition) is 2. The van der Waals surface area contributed by atoms with Gasteiger partial charge in [-0.3, -0.25) is 14.5 Å². The number of nitrogen functional groups attached to an aromatic ring is 1. The standard InChI is InChI=1S/C14H17N3O4/c1-17-12(18)6-5-11(13(17)19)16-10-4-3-8(7-9(10)15)14(20)21-2/h3-4,7,11,16H,5-6,15H2,1-2H3. The highest BCUT2D eigenvalue weighted by molar-refractivity contribution is 6.01. The van der Waals surface area contributed by atoms with Crippen LogP contribution in [0.1, 0.15) is 23.2 Å². The monoisotopic (exact) mass is 291 g/mol. The van der Waals surface area contributed by atoms with E-state index in [1.54, 1.807) is 12.1 Å². The van der Waals surface area contributed by atoms with Crippen LogP contribution in [0.25, 0.3) is 0 Å². The van der Waals surface area contributed by atoms with Gasteiger partial charge in [0.1, 0.15) is 6.04 Å². The molecule has 0 radical (unpaired) electrons. The fraction of sp³-hybridized carbons (Fsp3) is 0.357. The quantitative estimate of drug-likeness (QED) is 0.481. The molecular weight excluding hydrogens is 274 g/mol. The molecule has 112 valence electrons. The first kappa shape index (κ1) is 14.8. The van der Waals surface area contributed by atoms with Crippen molar-refractivity contribution in [2.24, 2.45) is 0 Å². The Labute approximate surface area is 122 Å². The van der Waals surface area contributed by atoms with E-state index in [2.05, 4.69) is 10.1 Å². The van der Waals surface area contributed by atoms with Crippen molar-refractivity contribution in [2.45, 2.75) is 18.9 Å². The number of carbonyl (C=O) groups is 3. The topological polar surface area (TPSA) is 102 Å². The van der Waals surface area contributed by atoms with Gasteiger partial charge in [0.15, 0.2) is 0 Å². The number of benzene rings is 1. The third-order valence-corrected chi connectivity index (χ3v) is 3.45. The van der Waals surface area contributed by atoms with Crippen molar-refractivity contribution in [1.29, 1.82) is 0 Å². The predicted molar refractivity (Wildman–Crippen MR) is 76.6 cm³/mol. The normalized spacial score (nSPS) is 18.6. The molecule has 1 unspecified atom stereocenters. The van der Waals surface area contributed by atoms with Gasteiger partial charge in [-0.25, -0.2) is 4.79 Å². The molecule has 1 aromatic rings. The number of nitrogens with one attached hydrogen (secondary N) is 1. The Hall–Kier alpha value is -2.57. The number of likely N-dealkylation sites (tertiary alicyclic amines) is 1. The van der Waals surface area contributed by atoms with Crippen molar-refractivity contribution < 1.29 is 19.1 Å². The lowest BCUT2D eigenvalue weighted by atomic mass is 10.0. The largest absolute Gasteiger partial charge is 0.465 e. The molecule has 1 aromatic carbocycles. The fourth-order valence-corrected chi connectivity index (χ4v) is 2.18. The van der Waals surface area contributed by atoms with Gasteiger partial charge in [0.2, 0.25) is 5.91 Å². The van der Waals surface area contributed by atoms with Crippen LogP contribution < -0.4 is 11.1 Å². The number of nitrogens with two attached hydrogens (primary N) is 1. The number of nitrogens with zero attached hydrogens (tertiary/aromatic N) is 1. The van der Waals surface area contributed by atoms with E-state index in [0.29, 0.717) is 29.8 Å². The minimum absolute atomic E-state index is 0.188. The first-order valence-corrected chi connectivity index (χ1v) is 6.49. The summed E-state index contributed by atoms with van der Waals surface area (Å²) in [5, 5.41) is 3.01. The van der Waals surface area contributed by atoms with Crippen LogP contribution in [0.3, 0.4) is 0 Å². The van der Waals surface area contributed by atoms with Crippen molar-refractivity contribution in [3.05, 3.63) is 23.8 Å². The smallest absolute Gasteiger partial charge is 0.337 e. The van der Waals surface area contributed by atoms with E-state index < -0.39 is 12.0 Å². The number of carbonyl (C=O) groups excluding carboxylic acids is 3. The summed E-state index contributed by atoms with van der Waals surface area (Å²) in [6.07, 6.45) is 0.722. The van der Waals surface area contributed by atoms with Gasteiger partial charge in [-0.1, -0.05) is 0 Å². The number of hydrogen-bond acceptors (Lipinski definition) is 6. The molecule has 2 amide bonds. The zero-order chi connectivity index (χ0) is 15.6. The van der Waals surface area contributed by atoms with E-state index in [1.807, 2.05) is 0 Å². The second-order valence-corrected chi connectivity index (χ2v) is 4.82. The average Bonchev–Trinajstić information content (AvgIpc) is 2.48. The number of amides is 2. The maximum atomic E-state index is 12.0. The number of ether oxygens (including phenoxy) is 1. The van der Waals surface area contributed by atoms with Gasteiger partial charge in [-0.05, 0) is 24.6 Å². The van der Waals surface area contributed by atoms with Crippen LogP contribution >= 0.6 is 0 Å². The number of imide groups is 1. The highest BCUT2D eigenvalue weighted by Crippen LogP contribution is 2.24. The third kappa shape index (κ3) is 2.96. The minimum atomic E-state index is -0.501. The molecule has 1 saturated heterocycles. The first-order chi connectivity index (χ1) is 9.93. The highest BCUT2D eigenvalue weighted by atomic mass is 16.5. The molecule has 2 rings (SSSR count). The van der Waals surface area contributed by atoms with E-state index in [1.165, 1.54) is 20.2 Å². The fourth-order valence-electron chi connectivity index (χ4n) is 2.18. The van der Waals surface area contributed by atoms with Crippen LogP contribution in [-0.2, 0) is 14.3 Å². The molecule has 0 bridgehead atoms. The van der Waals surface area contributed by atoms with Gasteiger partial charge < -0.3 is 15.8 Å².